The van der Waals surface area contributed by atoms with Crippen molar-refractivity contribution in [3.05, 3.63) is 57.8 Å². The molecule has 2 aliphatic rings. The Hall–Kier alpha value is -2.19. The number of carbonyl (C=O) groups is 2. The Bertz CT molecular complexity index is 988. The first kappa shape index (κ1) is 22.0. The molecule has 2 N–H and O–H groups in total. The number of pyridine rings is 1. The zero-order valence-electron chi connectivity index (χ0n) is 17.1. The molecular weight excluding hydrogens is 439 g/mol. The monoisotopic (exact) mass is 462 g/mol. The van der Waals surface area contributed by atoms with Crippen LogP contribution in [-0.2, 0) is 4.79 Å². The fourth-order valence-corrected chi connectivity index (χ4v) is 4.70. The minimum atomic E-state index is -1.15. The van der Waals surface area contributed by atoms with Gasteiger partial charge >= 0.3 is 0 Å². The predicted molar refractivity (Wildman–Crippen MR) is 119 cm³/mol. The minimum absolute atomic E-state index is 0.150. The molecule has 1 aromatic heterocycles. The van der Waals surface area contributed by atoms with E-state index < -0.39 is 12.0 Å². The number of nitrogens with one attached hydrogen (secondary N) is 1. The van der Waals surface area contributed by atoms with Gasteiger partial charge in [0.05, 0.1) is 5.02 Å². The first-order chi connectivity index (χ1) is 14.8. The normalized spacial score (nSPS) is 21.7. The first-order valence-electron chi connectivity index (χ1n) is 10.2. The number of likely N-dealkylation sites (tertiary alicyclic amines) is 2. The van der Waals surface area contributed by atoms with Crippen LogP contribution in [0.5, 0.6) is 0 Å². The van der Waals surface area contributed by atoms with E-state index in [2.05, 4.69) is 15.2 Å². The van der Waals surface area contributed by atoms with Gasteiger partial charge in [-0.2, -0.15) is 0 Å². The molecule has 2 aromatic rings. The summed E-state index contributed by atoms with van der Waals surface area (Å²) < 4.78 is 0. The fourth-order valence-electron chi connectivity index (χ4n) is 4.32. The number of fused-ring (bicyclic) bond motifs is 1. The van der Waals surface area contributed by atoms with Crippen LogP contribution in [0.2, 0.25) is 10.0 Å². The van der Waals surface area contributed by atoms with Gasteiger partial charge in [0.1, 0.15) is 11.8 Å². The summed E-state index contributed by atoms with van der Waals surface area (Å²) in [5, 5.41) is 14.0. The van der Waals surface area contributed by atoms with Gasteiger partial charge in [0, 0.05) is 49.6 Å². The number of aliphatic hydroxyl groups excluding tert-OH is 1. The second kappa shape index (κ2) is 9.12. The van der Waals surface area contributed by atoms with Crippen LogP contribution < -0.4 is 5.32 Å². The Morgan fingerprint density at radius 2 is 1.87 bits per heavy atom. The van der Waals surface area contributed by atoms with Gasteiger partial charge in [0.25, 0.3) is 11.8 Å². The fraction of sp³-hybridized carbons (Fsp3) is 0.409. The van der Waals surface area contributed by atoms with Gasteiger partial charge in [-0.15, -0.1) is 0 Å². The number of benzene rings is 1. The maximum Gasteiger partial charge on any atom is 0.274 e. The Kier molecular flexibility index (Phi) is 6.48. The van der Waals surface area contributed by atoms with Gasteiger partial charge in [-0.05, 0) is 48.6 Å². The summed E-state index contributed by atoms with van der Waals surface area (Å²) in [6, 6.07) is 8.60. The van der Waals surface area contributed by atoms with Gasteiger partial charge in [0.2, 0.25) is 0 Å². The summed E-state index contributed by atoms with van der Waals surface area (Å²) >= 11 is 12.2. The van der Waals surface area contributed by atoms with E-state index in [1.54, 1.807) is 35.4 Å². The molecule has 0 saturated carbocycles. The van der Waals surface area contributed by atoms with Gasteiger partial charge in [0.15, 0.2) is 0 Å². The number of anilines is 1. The highest BCUT2D eigenvalue weighted by Gasteiger charge is 2.42. The van der Waals surface area contributed by atoms with E-state index in [1.165, 1.54) is 0 Å². The quantitative estimate of drug-likeness (QED) is 0.713. The van der Waals surface area contributed by atoms with Crippen molar-refractivity contribution in [1.29, 1.82) is 0 Å². The summed E-state index contributed by atoms with van der Waals surface area (Å²) in [7, 11) is 0. The van der Waals surface area contributed by atoms with Gasteiger partial charge in [-0.25, -0.2) is 4.98 Å². The van der Waals surface area contributed by atoms with Crippen LogP contribution in [-0.4, -0.2) is 70.5 Å². The van der Waals surface area contributed by atoms with Crippen LogP contribution in [0.1, 0.15) is 16.1 Å². The van der Waals surface area contributed by atoms with Crippen molar-refractivity contribution in [2.75, 3.05) is 38.0 Å². The SMILES string of the molecule is Cc1ccc(NC(=O)C(O)CN2CC3CN(C(=O)c4ncccc4Cl)CC3C2)cc1Cl. The van der Waals surface area contributed by atoms with Crippen molar-refractivity contribution in [2.45, 2.75) is 13.0 Å². The number of rotatable bonds is 5. The van der Waals surface area contributed by atoms with E-state index in [1.807, 2.05) is 13.0 Å². The highest BCUT2D eigenvalue weighted by atomic mass is 35.5. The molecule has 31 heavy (non-hydrogen) atoms. The lowest BCUT2D eigenvalue weighted by Gasteiger charge is -2.23. The van der Waals surface area contributed by atoms with Gasteiger partial charge in [-0.1, -0.05) is 29.3 Å². The third kappa shape index (κ3) is 4.85. The molecule has 0 spiro atoms. The molecule has 0 radical (unpaired) electrons. The molecule has 3 unspecified atom stereocenters. The lowest BCUT2D eigenvalue weighted by molar-refractivity contribution is -0.124. The van der Waals surface area contributed by atoms with Crippen molar-refractivity contribution < 1.29 is 14.7 Å². The number of nitrogens with zero attached hydrogens (tertiary/aromatic N) is 3. The molecule has 2 amide bonds. The second-order valence-corrected chi connectivity index (χ2v) is 9.07. The molecule has 2 fully saturated rings. The van der Waals surface area contributed by atoms with Crippen LogP contribution in [0.3, 0.4) is 0 Å². The molecule has 4 rings (SSSR count). The Morgan fingerprint density at radius 3 is 2.52 bits per heavy atom. The number of amides is 2. The topological polar surface area (TPSA) is 85.8 Å². The molecule has 1 aromatic carbocycles. The third-order valence-corrected chi connectivity index (χ3v) is 6.70. The summed E-state index contributed by atoms with van der Waals surface area (Å²) in [6.45, 7) is 4.83. The zero-order valence-corrected chi connectivity index (χ0v) is 18.6. The molecule has 164 valence electrons. The molecule has 7 nitrogen and oxygen atoms in total. The van der Waals surface area contributed by atoms with E-state index in [0.717, 1.165) is 18.7 Å². The largest absolute Gasteiger partial charge is 0.382 e. The number of carbonyl (C=O) groups excluding carboxylic acids is 2. The standard InChI is InChI=1S/C22H24Cl2N4O3/c1-13-4-5-16(7-18(13)24)26-21(30)19(29)12-27-8-14-10-28(11-15(14)9-27)22(31)20-17(23)3-2-6-25-20/h2-7,14-15,19,29H,8-12H2,1H3,(H,26,30). The smallest absolute Gasteiger partial charge is 0.274 e. The Morgan fingerprint density at radius 1 is 1.16 bits per heavy atom. The molecule has 2 aliphatic heterocycles. The number of hydrogen-bond donors (Lipinski definition) is 2. The Balaban J connectivity index is 1.28. The van der Waals surface area contributed by atoms with Crippen LogP contribution >= 0.6 is 23.2 Å². The minimum Gasteiger partial charge on any atom is -0.382 e. The highest BCUT2D eigenvalue weighted by molar-refractivity contribution is 6.33. The summed E-state index contributed by atoms with van der Waals surface area (Å²) in [5.74, 6) is -0.00323. The van der Waals surface area contributed by atoms with Crippen molar-refractivity contribution in [1.82, 2.24) is 14.8 Å². The van der Waals surface area contributed by atoms with Crippen molar-refractivity contribution >= 4 is 40.7 Å². The maximum absolute atomic E-state index is 12.7. The summed E-state index contributed by atoms with van der Waals surface area (Å²) in [6.07, 6.45) is 0.415. The number of aryl methyl sites for hydroxylation is 1. The van der Waals surface area contributed by atoms with E-state index in [0.29, 0.717) is 40.7 Å². The van der Waals surface area contributed by atoms with Gasteiger partial charge < -0.3 is 15.3 Å². The average molecular weight is 463 g/mol. The third-order valence-electron chi connectivity index (χ3n) is 5.98. The first-order valence-corrected chi connectivity index (χ1v) is 10.9. The summed E-state index contributed by atoms with van der Waals surface area (Å²) in [4.78, 5) is 33.1. The highest BCUT2D eigenvalue weighted by Crippen LogP contribution is 2.32. The van der Waals surface area contributed by atoms with Crippen molar-refractivity contribution in [2.24, 2.45) is 11.8 Å². The Labute approximate surface area is 191 Å². The number of aliphatic hydroxyl groups is 1. The number of β-amino-alcohol motifs (C(OH)–C–C–N with tert-alkyl or cyclic N) is 1. The molecule has 3 heterocycles. The maximum atomic E-state index is 12.7. The van der Waals surface area contributed by atoms with E-state index in [-0.39, 0.29) is 18.1 Å². The van der Waals surface area contributed by atoms with E-state index in [4.69, 9.17) is 23.2 Å². The lowest BCUT2D eigenvalue weighted by Crippen LogP contribution is -2.40. The van der Waals surface area contributed by atoms with Crippen LogP contribution in [0, 0.1) is 18.8 Å². The second-order valence-electron chi connectivity index (χ2n) is 8.25. The van der Waals surface area contributed by atoms with Crippen LogP contribution in [0.25, 0.3) is 0 Å². The lowest BCUT2D eigenvalue weighted by atomic mass is 10.0. The molecule has 3 atom stereocenters. The van der Waals surface area contributed by atoms with E-state index in [9.17, 15) is 14.7 Å². The predicted octanol–water partition coefficient (Wildman–Crippen LogP) is 2.70. The molecule has 2 saturated heterocycles. The molecule has 0 aliphatic carbocycles. The average Bonchev–Trinajstić information content (AvgIpc) is 3.29. The molecule has 9 heteroatoms. The van der Waals surface area contributed by atoms with Crippen LogP contribution in [0.15, 0.2) is 36.5 Å². The number of aromatic nitrogens is 1. The summed E-state index contributed by atoms with van der Waals surface area (Å²) in [5.41, 5.74) is 1.76. The molecular formula is C22H24Cl2N4O3. The number of hydrogen-bond acceptors (Lipinski definition) is 5. The number of halogens is 2. The van der Waals surface area contributed by atoms with E-state index >= 15 is 0 Å². The zero-order chi connectivity index (χ0) is 22.1. The van der Waals surface area contributed by atoms with Crippen molar-refractivity contribution in [3.63, 3.8) is 0 Å². The van der Waals surface area contributed by atoms with Crippen LogP contribution in [0.4, 0.5) is 5.69 Å². The van der Waals surface area contributed by atoms with Crippen molar-refractivity contribution in [3.8, 4) is 0 Å². The molecule has 0 bridgehead atoms. The van der Waals surface area contributed by atoms with Gasteiger partial charge in [-0.3, -0.25) is 14.5 Å².